The average molecular weight is 180 g/mol. The van der Waals surface area contributed by atoms with Gasteiger partial charge in [-0.25, -0.2) is 0 Å². The minimum atomic E-state index is -0.153. The Balaban J connectivity index is 2.22. The first-order valence-corrected chi connectivity index (χ1v) is 5.26. The van der Waals surface area contributed by atoms with Gasteiger partial charge < -0.3 is 5.11 Å². The van der Waals surface area contributed by atoms with Gasteiger partial charge in [-0.05, 0) is 36.0 Å². The van der Waals surface area contributed by atoms with Crippen LogP contribution in [0.5, 0.6) is 0 Å². The topological polar surface area (TPSA) is 20.2 Å². The third kappa shape index (κ3) is 1.03. The van der Waals surface area contributed by atoms with Crippen molar-refractivity contribution in [2.24, 2.45) is 22.7 Å². The lowest BCUT2D eigenvalue weighted by atomic mass is 9.49. The van der Waals surface area contributed by atoms with E-state index in [0.717, 1.165) is 5.92 Å². The molecular formula is C12H20O. The largest absolute Gasteiger partial charge is 0.393 e. The van der Waals surface area contributed by atoms with E-state index in [-0.39, 0.29) is 11.5 Å². The number of rotatable bonds is 1. The summed E-state index contributed by atoms with van der Waals surface area (Å²) in [7, 11) is 0. The standard InChI is InChI=1S/C12H20O/c1-8(13)9-7-10-11(2,3)5-6-12(9,10)4/h5-6,8-10,13H,7H2,1-4H3/t8?,9?,10-,12?/m0/s1. The molecular weight excluding hydrogens is 160 g/mol. The highest BCUT2D eigenvalue weighted by Crippen LogP contribution is 2.64. The molecule has 0 aromatic rings. The minimum absolute atomic E-state index is 0.153. The van der Waals surface area contributed by atoms with Crippen molar-refractivity contribution in [2.75, 3.05) is 0 Å². The Morgan fingerprint density at radius 1 is 1.31 bits per heavy atom. The van der Waals surface area contributed by atoms with Gasteiger partial charge in [0.05, 0.1) is 6.10 Å². The summed E-state index contributed by atoms with van der Waals surface area (Å²) in [5.74, 6) is 1.23. The monoisotopic (exact) mass is 180 g/mol. The van der Waals surface area contributed by atoms with Crippen LogP contribution in [0.3, 0.4) is 0 Å². The fraction of sp³-hybridized carbons (Fsp3) is 0.833. The molecule has 3 unspecified atom stereocenters. The van der Waals surface area contributed by atoms with Crippen LogP contribution >= 0.6 is 0 Å². The van der Waals surface area contributed by atoms with Gasteiger partial charge in [0.1, 0.15) is 0 Å². The van der Waals surface area contributed by atoms with Gasteiger partial charge >= 0.3 is 0 Å². The third-order valence-electron chi connectivity index (χ3n) is 4.39. The number of aliphatic hydroxyl groups excluding tert-OH is 1. The van der Waals surface area contributed by atoms with Gasteiger partial charge in [-0.1, -0.05) is 32.9 Å². The quantitative estimate of drug-likeness (QED) is 0.615. The number of aliphatic hydroxyl groups is 1. The highest BCUT2D eigenvalue weighted by molar-refractivity contribution is 5.25. The molecule has 2 rings (SSSR count). The van der Waals surface area contributed by atoms with Gasteiger partial charge in [0.2, 0.25) is 0 Å². The van der Waals surface area contributed by atoms with Crippen molar-refractivity contribution in [3.05, 3.63) is 12.2 Å². The predicted molar refractivity (Wildman–Crippen MR) is 54.3 cm³/mol. The van der Waals surface area contributed by atoms with Gasteiger partial charge in [-0.2, -0.15) is 0 Å². The summed E-state index contributed by atoms with van der Waals surface area (Å²) >= 11 is 0. The van der Waals surface area contributed by atoms with Crippen molar-refractivity contribution in [1.82, 2.24) is 0 Å². The highest BCUT2D eigenvalue weighted by Gasteiger charge is 2.59. The van der Waals surface area contributed by atoms with Gasteiger partial charge in [0.25, 0.3) is 0 Å². The zero-order valence-electron chi connectivity index (χ0n) is 9.04. The maximum absolute atomic E-state index is 9.62. The molecule has 0 spiro atoms. The second kappa shape index (κ2) is 2.38. The van der Waals surface area contributed by atoms with Crippen LogP contribution in [0.2, 0.25) is 0 Å². The molecule has 1 fully saturated rings. The van der Waals surface area contributed by atoms with E-state index >= 15 is 0 Å². The van der Waals surface area contributed by atoms with Crippen molar-refractivity contribution in [2.45, 2.75) is 40.2 Å². The first-order valence-electron chi connectivity index (χ1n) is 5.26. The van der Waals surface area contributed by atoms with E-state index in [2.05, 4.69) is 32.9 Å². The Bertz CT molecular complexity index is 252. The van der Waals surface area contributed by atoms with Crippen LogP contribution < -0.4 is 0 Å². The van der Waals surface area contributed by atoms with Crippen LogP contribution in [0, 0.1) is 22.7 Å². The Morgan fingerprint density at radius 2 is 1.92 bits per heavy atom. The summed E-state index contributed by atoms with van der Waals surface area (Å²) in [6.45, 7) is 8.82. The van der Waals surface area contributed by atoms with E-state index < -0.39 is 0 Å². The van der Waals surface area contributed by atoms with Crippen LogP contribution in [0.4, 0.5) is 0 Å². The SMILES string of the molecule is CC(O)C1C[C@H]2C(C)(C)C=CC12C. The molecule has 1 heteroatoms. The number of fused-ring (bicyclic) bond motifs is 1. The van der Waals surface area contributed by atoms with E-state index in [1.165, 1.54) is 6.42 Å². The molecule has 4 atom stereocenters. The molecule has 0 saturated heterocycles. The van der Waals surface area contributed by atoms with Gasteiger partial charge in [-0.3, -0.25) is 0 Å². The molecule has 0 radical (unpaired) electrons. The van der Waals surface area contributed by atoms with E-state index in [1.54, 1.807) is 0 Å². The highest BCUT2D eigenvalue weighted by atomic mass is 16.3. The molecule has 0 aliphatic heterocycles. The first kappa shape index (κ1) is 9.26. The molecule has 0 aromatic heterocycles. The molecule has 2 aliphatic rings. The molecule has 0 amide bonds. The fourth-order valence-electron chi connectivity index (χ4n) is 3.43. The molecule has 1 saturated carbocycles. The zero-order valence-corrected chi connectivity index (χ0v) is 9.04. The van der Waals surface area contributed by atoms with E-state index in [9.17, 15) is 5.11 Å². The van der Waals surface area contributed by atoms with Crippen LogP contribution in [-0.2, 0) is 0 Å². The van der Waals surface area contributed by atoms with Crippen LogP contribution in [0.25, 0.3) is 0 Å². The Hall–Kier alpha value is -0.300. The van der Waals surface area contributed by atoms with Crippen LogP contribution in [-0.4, -0.2) is 11.2 Å². The number of hydrogen-bond acceptors (Lipinski definition) is 1. The summed E-state index contributed by atoms with van der Waals surface area (Å²) in [6.07, 6.45) is 5.70. The zero-order chi connectivity index (χ0) is 9.85. The number of hydrogen-bond donors (Lipinski definition) is 1. The third-order valence-corrected chi connectivity index (χ3v) is 4.39. The maximum Gasteiger partial charge on any atom is 0.0548 e. The summed E-state index contributed by atoms with van der Waals surface area (Å²) < 4.78 is 0. The molecule has 0 heterocycles. The Morgan fingerprint density at radius 3 is 2.38 bits per heavy atom. The Kier molecular flexibility index (Phi) is 1.70. The van der Waals surface area contributed by atoms with Gasteiger partial charge in [0.15, 0.2) is 0 Å². The Labute approximate surface area is 80.8 Å². The second-order valence-electron chi connectivity index (χ2n) is 5.66. The first-order chi connectivity index (χ1) is 5.88. The molecule has 0 bridgehead atoms. The summed E-state index contributed by atoms with van der Waals surface area (Å²) in [5.41, 5.74) is 0.623. The summed E-state index contributed by atoms with van der Waals surface area (Å²) in [6, 6.07) is 0. The molecule has 1 nitrogen and oxygen atoms in total. The molecule has 13 heavy (non-hydrogen) atoms. The normalized spacial score (nSPS) is 48.4. The predicted octanol–water partition coefficient (Wildman–Crippen LogP) is 2.61. The minimum Gasteiger partial charge on any atom is -0.393 e. The summed E-state index contributed by atoms with van der Waals surface area (Å²) in [5, 5.41) is 9.62. The molecule has 1 N–H and O–H groups in total. The van der Waals surface area contributed by atoms with Crippen molar-refractivity contribution >= 4 is 0 Å². The second-order valence-corrected chi connectivity index (χ2v) is 5.66. The van der Waals surface area contributed by atoms with Gasteiger partial charge in [-0.15, -0.1) is 0 Å². The van der Waals surface area contributed by atoms with Gasteiger partial charge in [0, 0.05) is 0 Å². The van der Waals surface area contributed by atoms with Crippen molar-refractivity contribution in [3.8, 4) is 0 Å². The smallest absolute Gasteiger partial charge is 0.0548 e. The summed E-state index contributed by atoms with van der Waals surface area (Å²) in [4.78, 5) is 0. The van der Waals surface area contributed by atoms with Crippen molar-refractivity contribution in [1.29, 1.82) is 0 Å². The van der Waals surface area contributed by atoms with E-state index in [1.807, 2.05) is 6.92 Å². The maximum atomic E-state index is 9.62. The van der Waals surface area contributed by atoms with Crippen molar-refractivity contribution in [3.63, 3.8) is 0 Å². The van der Waals surface area contributed by atoms with Crippen LogP contribution in [0.15, 0.2) is 12.2 Å². The molecule has 74 valence electrons. The van der Waals surface area contributed by atoms with E-state index in [0.29, 0.717) is 11.3 Å². The lowest BCUT2D eigenvalue weighted by molar-refractivity contribution is -0.0904. The fourth-order valence-corrected chi connectivity index (χ4v) is 3.43. The average Bonchev–Trinajstić information content (AvgIpc) is 2.10. The van der Waals surface area contributed by atoms with Crippen molar-refractivity contribution < 1.29 is 5.11 Å². The lowest BCUT2D eigenvalue weighted by Crippen LogP contribution is -2.52. The van der Waals surface area contributed by atoms with Crippen LogP contribution in [0.1, 0.15) is 34.1 Å². The van der Waals surface area contributed by atoms with E-state index in [4.69, 9.17) is 0 Å². The number of allylic oxidation sites excluding steroid dienone is 2. The molecule has 0 aromatic carbocycles. The lowest BCUT2D eigenvalue weighted by Gasteiger charge is -2.55. The molecule has 2 aliphatic carbocycles.